The highest BCUT2D eigenvalue weighted by atomic mass is 19.3. The van der Waals surface area contributed by atoms with Crippen LogP contribution in [0.15, 0.2) is 48.9 Å². The SMILES string of the molecule is COC(=O)c1cc(OC(F)F)cc2cnn(Cc3cnc(-c4cc(F)cc(OC)c4)cn3)c12. The fourth-order valence-corrected chi connectivity index (χ4v) is 3.33. The van der Waals surface area contributed by atoms with E-state index in [4.69, 9.17) is 9.47 Å². The van der Waals surface area contributed by atoms with E-state index in [1.807, 2.05) is 0 Å². The number of carbonyl (C=O) groups is 1. The van der Waals surface area contributed by atoms with Crippen molar-refractivity contribution < 1.29 is 32.2 Å². The molecule has 0 amide bonds. The predicted octanol–water partition coefficient (Wildman–Crippen LogP) is 4.08. The molecule has 0 spiro atoms. The number of aromatic nitrogens is 4. The summed E-state index contributed by atoms with van der Waals surface area (Å²) in [5, 5.41) is 4.64. The maximum atomic E-state index is 13.8. The number of hydrogen-bond donors (Lipinski definition) is 0. The normalized spacial score (nSPS) is 11.1. The van der Waals surface area contributed by atoms with Crippen LogP contribution in [0.4, 0.5) is 13.2 Å². The van der Waals surface area contributed by atoms with Crippen molar-refractivity contribution in [2.75, 3.05) is 14.2 Å². The average Bonchev–Trinajstić information content (AvgIpc) is 3.20. The van der Waals surface area contributed by atoms with Gasteiger partial charge in [0.1, 0.15) is 17.3 Å². The van der Waals surface area contributed by atoms with Gasteiger partial charge in [-0.05, 0) is 24.3 Å². The van der Waals surface area contributed by atoms with Gasteiger partial charge >= 0.3 is 12.6 Å². The minimum absolute atomic E-state index is 0.0135. The van der Waals surface area contributed by atoms with Crippen LogP contribution in [0.3, 0.4) is 0 Å². The molecule has 0 saturated heterocycles. The summed E-state index contributed by atoms with van der Waals surface area (Å²) in [6, 6.07) is 6.73. The third kappa shape index (κ3) is 4.71. The summed E-state index contributed by atoms with van der Waals surface area (Å²) < 4.78 is 54.8. The zero-order valence-electron chi connectivity index (χ0n) is 17.5. The molecular formula is C22H17F3N4O4. The summed E-state index contributed by atoms with van der Waals surface area (Å²) in [6.45, 7) is -2.92. The number of halogens is 3. The van der Waals surface area contributed by atoms with Gasteiger partial charge < -0.3 is 14.2 Å². The standard InChI is InChI=1S/C22H17F3N4O4/c1-31-16-4-12(3-14(23)6-16)19-10-26-15(9-27-19)11-29-20-13(8-28-29)5-17(33-22(24)25)7-18(20)21(30)32-2/h3-10,22H,11H2,1-2H3. The Hall–Kier alpha value is -4.15. The molecule has 33 heavy (non-hydrogen) atoms. The van der Waals surface area contributed by atoms with Crippen LogP contribution < -0.4 is 9.47 Å². The Morgan fingerprint density at radius 2 is 1.85 bits per heavy atom. The Labute approximate surface area is 185 Å². The van der Waals surface area contributed by atoms with Crippen molar-refractivity contribution in [1.29, 1.82) is 0 Å². The molecule has 11 heteroatoms. The third-order valence-corrected chi connectivity index (χ3v) is 4.76. The fourth-order valence-electron chi connectivity index (χ4n) is 3.33. The molecule has 2 heterocycles. The lowest BCUT2D eigenvalue weighted by Gasteiger charge is -2.10. The van der Waals surface area contributed by atoms with E-state index in [1.165, 1.54) is 61.8 Å². The fraction of sp³-hybridized carbons (Fsp3) is 0.182. The topological polar surface area (TPSA) is 88.4 Å². The van der Waals surface area contributed by atoms with Gasteiger partial charge in [-0.3, -0.25) is 14.6 Å². The molecule has 0 aliphatic carbocycles. The van der Waals surface area contributed by atoms with Gasteiger partial charge in [-0.15, -0.1) is 0 Å². The van der Waals surface area contributed by atoms with E-state index in [1.54, 1.807) is 6.07 Å². The second-order valence-electron chi connectivity index (χ2n) is 6.85. The molecule has 0 unspecified atom stereocenters. The molecule has 170 valence electrons. The first-order valence-electron chi connectivity index (χ1n) is 9.56. The lowest BCUT2D eigenvalue weighted by Crippen LogP contribution is -2.10. The van der Waals surface area contributed by atoms with Crippen molar-refractivity contribution in [1.82, 2.24) is 19.7 Å². The number of rotatable bonds is 7. The molecule has 0 atom stereocenters. The molecule has 0 saturated carbocycles. The van der Waals surface area contributed by atoms with Gasteiger partial charge in [0.15, 0.2) is 0 Å². The smallest absolute Gasteiger partial charge is 0.387 e. The molecule has 4 rings (SSSR count). The summed E-state index contributed by atoms with van der Waals surface area (Å²) in [6.07, 6.45) is 4.39. The first kappa shape index (κ1) is 22.1. The maximum Gasteiger partial charge on any atom is 0.387 e. The van der Waals surface area contributed by atoms with Crippen LogP contribution in [0.25, 0.3) is 22.2 Å². The molecule has 2 aromatic carbocycles. The predicted molar refractivity (Wildman–Crippen MR) is 111 cm³/mol. The zero-order valence-corrected chi connectivity index (χ0v) is 17.5. The van der Waals surface area contributed by atoms with Gasteiger partial charge in [-0.2, -0.15) is 13.9 Å². The molecular weight excluding hydrogens is 441 g/mol. The van der Waals surface area contributed by atoms with E-state index in [9.17, 15) is 18.0 Å². The van der Waals surface area contributed by atoms with Crippen molar-refractivity contribution >= 4 is 16.9 Å². The highest BCUT2D eigenvalue weighted by Crippen LogP contribution is 2.28. The molecule has 0 radical (unpaired) electrons. The number of esters is 1. The number of benzene rings is 2. The number of methoxy groups -OCH3 is 2. The van der Waals surface area contributed by atoms with E-state index in [0.717, 1.165) is 0 Å². The van der Waals surface area contributed by atoms with E-state index >= 15 is 0 Å². The van der Waals surface area contributed by atoms with E-state index in [2.05, 4.69) is 19.8 Å². The van der Waals surface area contributed by atoms with E-state index in [-0.39, 0.29) is 17.9 Å². The molecule has 0 aliphatic rings. The van der Waals surface area contributed by atoms with Gasteiger partial charge in [-0.1, -0.05) is 0 Å². The highest BCUT2D eigenvalue weighted by Gasteiger charge is 2.19. The van der Waals surface area contributed by atoms with Crippen LogP contribution in [0, 0.1) is 5.82 Å². The Morgan fingerprint density at radius 1 is 1.03 bits per heavy atom. The number of ether oxygens (including phenoxy) is 3. The van der Waals surface area contributed by atoms with Crippen molar-refractivity contribution in [3.05, 3.63) is 66.0 Å². The van der Waals surface area contributed by atoms with E-state index < -0.39 is 18.4 Å². The monoisotopic (exact) mass is 458 g/mol. The van der Waals surface area contributed by atoms with Gasteiger partial charge in [0.25, 0.3) is 0 Å². The summed E-state index contributed by atoms with van der Waals surface area (Å²) >= 11 is 0. The summed E-state index contributed by atoms with van der Waals surface area (Å²) in [5.74, 6) is -1.04. The van der Waals surface area contributed by atoms with Crippen LogP contribution in [0.1, 0.15) is 16.1 Å². The Kier molecular flexibility index (Phi) is 6.11. The summed E-state index contributed by atoms with van der Waals surface area (Å²) in [4.78, 5) is 20.9. The van der Waals surface area contributed by atoms with E-state index in [0.29, 0.717) is 33.6 Å². The van der Waals surface area contributed by atoms with Gasteiger partial charge in [0.2, 0.25) is 0 Å². The molecule has 0 fully saturated rings. The lowest BCUT2D eigenvalue weighted by atomic mass is 10.1. The van der Waals surface area contributed by atoms with Crippen LogP contribution in [-0.2, 0) is 11.3 Å². The number of hydrogen-bond acceptors (Lipinski definition) is 7. The first-order valence-corrected chi connectivity index (χ1v) is 9.56. The highest BCUT2D eigenvalue weighted by molar-refractivity contribution is 6.03. The minimum atomic E-state index is -3.05. The van der Waals surface area contributed by atoms with Crippen LogP contribution in [-0.4, -0.2) is 46.5 Å². The molecule has 0 aliphatic heterocycles. The number of fused-ring (bicyclic) bond motifs is 1. The summed E-state index contributed by atoms with van der Waals surface area (Å²) in [7, 11) is 2.62. The largest absolute Gasteiger partial charge is 0.497 e. The Bertz CT molecular complexity index is 1310. The van der Waals surface area contributed by atoms with Crippen LogP contribution in [0.5, 0.6) is 11.5 Å². The van der Waals surface area contributed by atoms with Crippen LogP contribution in [0.2, 0.25) is 0 Å². The summed E-state index contributed by atoms with van der Waals surface area (Å²) in [5.41, 5.74) is 1.81. The van der Waals surface area contributed by atoms with Gasteiger partial charge in [0.05, 0.1) is 61.8 Å². The first-order chi connectivity index (χ1) is 15.9. The van der Waals surface area contributed by atoms with Crippen LogP contribution >= 0.6 is 0 Å². The molecule has 0 N–H and O–H groups in total. The van der Waals surface area contributed by atoms with Gasteiger partial charge in [0, 0.05) is 17.0 Å². The number of nitrogens with zero attached hydrogens (tertiary/aromatic N) is 4. The lowest BCUT2D eigenvalue weighted by molar-refractivity contribution is -0.0498. The molecule has 4 aromatic rings. The number of carbonyl (C=O) groups excluding carboxylic acids is 1. The van der Waals surface area contributed by atoms with Crippen molar-refractivity contribution in [3.8, 4) is 22.8 Å². The second-order valence-corrected chi connectivity index (χ2v) is 6.85. The molecule has 0 bridgehead atoms. The van der Waals surface area contributed by atoms with Crippen molar-refractivity contribution in [3.63, 3.8) is 0 Å². The minimum Gasteiger partial charge on any atom is -0.497 e. The quantitative estimate of drug-likeness (QED) is 0.386. The Morgan fingerprint density at radius 3 is 2.52 bits per heavy atom. The zero-order chi connectivity index (χ0) is 23.5. The number of alkyl halides is 2. The Balaban J connectivity index is 1.66. The van der Waals surface area contributed by atoms with Crippen molar-refractivity contribution in [2.24, 2.45) is 0 Å². The third-order valence-electron chi connectivity index (χ3n) is 4.76. The molecule has 8 nitrogen and oxygen atoms in total. The second kappa shape index (κ2) is 9.15. The van der Waals surface area contributed by atoms with Crippen molar-refractivity contribution in [2.45, 2.75) is 13.2 Å². The molecule has 2 aromatic heterocycles. The average molecular weight is 458 g/mol. The van der Waals surface area contributed by atoms with Gasteiger partial charge in [-0.25, -0.2) is 9.18 Å². The maximum absolute atomic E-state index is 13.8.